The van der Waals surface area contributed by atoms with Crippen molar-refractivity contribution in [1.82, 2.24) is 3.26 Å². The van der Waals surface area contributed by atoms with Crippen LogP contribution in [0.3, 0.4) is 0 Å². The summed E-state index contributed by atoms with van der Waals surface area (Å²) < 4.78 is 3.89. The molecular formula is C17H28Cl2NOSiZr. The van der Waals surface area contributed by atoms with Crippen LogP contribution in [-0.4, -0.2) is 23.2 Å². The molecule has 0 amide bonds. The average molecular weight is 453 g/mol. The number of halogens is 2. The van der Waals surface area contributed by atoms with E-state index in [4.69, 9.17) is 17.0 Å². The fourth-order valence-corrected chi connectivity index (χ4v) is 38.3. The summed E-state index contributed by atoms with van der Waals surface area (Å²) >= 11 is -4.29. The Balaban J connectivity index is 2.49. The number of aliphatic hydroxyl groups excluding tert-OH is 1. The second-order valence-corrected chi connectivity index (χ2v) is 47.4. The molecule has 0 aromatic heterocycles. The molecule has 0 spiro atoms. The fraction of sp³-hybridized carbons (Fsp3) is 0.529. The summed E-state index contributed by atoms with van der Waals surface area (Å²) in [6.45, 7) is 8.92. The fourth-order valence-electron chi connectivity index (χ4n) is 3.60. The van der Waals surface area contributed by atoms with E-state index in [0.717, 1.165) is 12.5 Å². The van der Waals surface area contributed by atoms with Crippen molar-refractivity contribution in [3.8, 4) is 0 Å². The van der Waals surface area contributed by atoms with Gasteiger partial charge in [-0.3, -0.25) is 0 Å². The summed E-state index contributed by atoms with van der Waals surface area (Å²) in [6.07, 6.45) is 5.17. The van der Waals surface area contributed by atoms with Crippen LogP contribution in [0.4, 0.5) is 0 Å². The number of rotatable bonds is 6. The van der Waals surface area contributed by atoms with Gasteiger partial charge in [0.2, 0.25) is 0 Å². The van der Waals surface area contributed by atoms with Crippen molar-refractivity contribution in [2.24, 2.45) is 0 Å². The van der Waals surface area contributed by atoms with Gasteiger partial charge in [-0.1, -0.05) is 0 Å². The molecule has 0 bridgehead atoms. The van der Waals surface area contributed by atoms with E-state index >= 15 is 0 Å². The van der Waals surface area contributed by atoms with Crippen LogP contribution < -0.4 is 3.26 Å². The Morgan fingerprint density at radius 1 is 1.26 bits per heavy atom. The van der Waals surface area contributed by atoms with Crippen LogP contribution in [0.5, 0.6) is 0 Å². The van der Waals surface area contributed by atoms with Crippen LogP contribution in [0.1, 0.15) is 41.9 Å². The Kier molecular flexibility index (Phi) is 6.10. The molecule has 6 heteroatoms. The SMILES string of the molecule is C[SiH](CCCO)[Zr]([Cl])([Cl])([NH]C(C)(C)C)[CH]1C=Cc2ccccc21. The first-order valence-corrected chi connectivity index (χ1v) is 24.1. The van der Waals surface area contributed by atoms with Crippen molar-refractivity contribution in [2.45, 2.75) is 48.9 Å². The van der Waals surface area contributed by atoms with Gasteiger partial charge in [0.15, 0.2) is 0 Å². The van der Waals surface area contributed by atoms with E-state index in [2.05, 4.69) is 67.0 Å². The van der Waals surface area contributed by atoms with E-state index in [-0.39, 0.29) is 15.8 Å². The molecule has 23 heavy (non-hydrogen) atoms. The predicted octanol–water partition coefficient (Wildman–Crippen LogP) is 4.79. The summed E-state index contributed by atoms with van der Waals surface area (Å²) in [4.78, 5) is 0. The van der Waals surface area contributed by atoms with Crippen LogP contribution in [-0.2, 0) is 15.8 Å². The van der Waals surface area contributed by atoms with Gasteiger partial charge in [0.1, 0.15) is 0 Å². The second-order valence-electron chi connectivity index (χ2n) is 7.76. The zero-order chi connectivity index (χ0) is 17.3. The third-order valence-corrected chi connectivity index (χ3v) is 50.4. The molecule has 0 radical (unpaired) electrons. The van der Waals surface area contributed by atoms with Gasteiger partial charge >= 0.3 is 150 Å². The van der Waals surface area contributed by atoms with Gasteiger partial charge in [0, 0.05) is 0 Å². The minimum absolute atomic E-state index is 0.121. The summed E-state index contributed by atoms with van der Waals surface area (Å²) in [7, 11) is 15.0. The normalized spacial score (nSPS) is 20.8. The monoisotopic (exact) mass is 450 g/mol. The predicted molar refractivity (Wildman–Crippen MR) is 102 cm³/mol. The van der Waals surface area contributed by atoms with Crippen LogP contribution >= 0.6 is 17.0 Å². The zero-order valence-electron chi connectivity index (χ0n) is 14.4. The van der Waals surface area contributed by atoms with Gasteiger partial charge in [-0.2, -0.15) is 0 Å². The Hall–Kier alpha value is 0.560. The van der Waals surface area contributed by atoms with E-state index in [1.54, 1.807) is 0 Å². The van der Waals surface area contributed by atoms with E-state index in [9.17, 15) is 5.11 Å². The Morgan fingerprint density at radius 3 is 2.52 bits per heavy atom. The maximum atomic E-state index is 9.25. The number of hydrogen-bond donors (Lipinski definition) is 2. The molecule has 1 aromatic carbocycles. The van der Waals surface area contributed by atoms with Crippen molar-refractivity contribution in [3.63, 3.8) is 0 Å². The van der Waals surface area contributed by atoms with Gasteiger partial charge in [0.25, 0.3) is 0 Å². The van der Waals surface area contributed by atoms with Crippen LogP contribution in [0, 0.1) is 0 Å². The summed E-state index contributed by atoms with van der Waals surface area (Å²) in [5, 5.41) is 9.25. The van der Waals surface area contributed by atoms with Gasteiger partial charge in [0.05, 0.1) is 0 Å². The Morgan fingerprint density at radius 2 is 1.91 bits per heavy atom. The first kappa shape index (κ1) is 19.9. The van der Waals surface area contributed by atoms with Gasteiger partial charge in [-0.15, -0.1) is 0 Å². The Labute approximate surface area is 149 Å². The quantitative estimate of drug-likeness (QED) is 0.608. The third kappa shape index (κ3) is 4.22. The van der Waals surface area contributed by atoms with Gasteiger partial charge in [-0.05, 0) is 0 Å². The van der Waals surface area contributed by atoms with E-state index in [0.29, 0.717) is 0 Å². The molecule has 0 saturated carbocycles. The van der Waals surface area contributed by atoms with Gasteiger partial charge < -0.3 is 0 Å². The van der Waals surface area contributed by atoms with Crippen molar-refractivity contribution in [2.75, 3.05) is 6.61 Å². The molecule has 0 fully saturated rings. The van der Waals surface area contributed by atoms with E-state index < -0.39 is 21.8 Å². The molecule has 1 aromatic rings. The standard InChI is InChI=1S/C9H7.C4H10N.C4H11OSi.2ClH.Zr/c1-2-5-9-7-3-6-8(9)4-1;1-4(2,3)5;1-6-4-2-3-5;;;/h1-7H;5H,1-3H3;5-6H,2-4H2,1H3;2*1H;/q;-1;;;;+3/p-2. The number of fused-ring (bicyclic) bond motifs is 1. The molecule has 2 rings (SSSR count). The number of hydrogen-bond acceptors (Lipinski definition) is 2. The molecule has 0 saturated heterocycles. The second kappa shape index (κ2) is 7.05. The third-order valence-electron chi connectivity index (χ3n) is 4.68. The molecule has 0 heterocycles. The van der Waals surface area contributed by atoms with Crippen molar-refractivity contribution < 1.29 is 21.0 Å². The van der Waals surface area contributed by atoms with Crippen LogP contribution in [0.15, 0.2) is 30.3 Å². The average Bonchev–Trinajstić information content (AvgIpc) is 2.87. The molecule has 0 aliphatic heterocycles. The molecule has 1 aliphatic carbocycles. The van der Waals surface area contributed by atoms with Crippen LogP contribution in [0.2, 0.25) is 12.6 Å². The zero-order valence-corrected chi connectivity index (χ0v) is 19.6. The molecule has 2 nitrogen and oxygen atoms in total. The molecule has 2 unspecified atom stereocenters. The topological polar surface area (TPSA) is 32.3 Å². The maximum absolute atomic E-state index is 9.25. The van der Waals surface area contributed by atoms with Gasteiger partial charge in [-0.25, -0.2) is 0 Å². The van der Waals surface area contributed by atoms with E-state index in [1.165, 1.54) is 11.1 Å². The molecular weight excluding hydrogens is 424 g/mol. The molecule has 2 N–H and O–H groups in total. The molecule has 2 atom stereocenters. The van der Waals surface area contributed by atoms with Crippen molar-refractivity contribution >= 4 is 29.0 Å². The first-order valence-electron chi connectivity index (χ1n) is 8.33. The van der Waals surface area contributed by atoms with Crippen molar-refractivity contribution in [1.29, 1.82) is 0 Å². The summed E-state index contributed by atoms with van der Waals surface area (Å²) in [6, 6.07) is 9.40. The number of nitrogens with one attached hydrogen (secondary N) is 1. The first-order chi connectivity index (χ1) is 10.6. The number of allylic oxidation sites excluding steroid dienone is 1. The van der Waals surface area contributed by atoms with Crippen LogP contribution in [0.25, 0.3) is 6.08 Å². The molecule has 1 aliphatic rings. The number of aliphatic hydroxyl groups is 1. The van der Waals surface area contributed by atoms with Crippen molar-refractivity contribution in [3.05, 3.63) is 41.5 Å². The summed E-state index contributed by atoms with van der Waals surface area (Å²) in [5.41, 5.74) is 2.38. The number of benzene rings is 1. The molecule has 129 valence electrons. The summed E-state index contributed by atoms with van der Waals surface area (Å²) in [5.74, 6) is -1.46. The Bertz CT molecular complexity index is 601. The van der Waals surface area contributed by atoms with E-state index in [1.807, 2.05) is 0 Å². The minimum atomic E-state index is -4.29.